The van der Waals surface area contributed by atoms with Crippen LogP contribution in [0.4, 0.5) is 0 Å². The molecule has 0 atom stereocenters. The first-order chi connectivity index (χ1) is 1.91. The summed E-state index contributed by atoms with van der Waals surface area (Å²) in [6.45, 7) is 0.139. The molecule has 0 aromatic carbocycles. The maximum absolute atomic E-state index is 9.05. The molecule has 1 radical (unpaired) electrons. The average Bonchev–Trinajstić information content (AvgIpc) is 1.37. The van der Waals surface area contributed by atoms with Crippen LogP contribution < -0.4 is 5.73 Å². The maximum atomic E-state index is 9.05. The molecule has 0 saturated heterocycles. The van der Waals surface area contributed by atoms with Crippen molar-refractivity contribution in [3.05, 3.63) is 0 Å². The minimum atomic E-state index is 0. The fourth-order valence-electron chi connectivity index (χ4n) is 0. The largest absolute Gasteiger partial charge is 0.324 e. The Bertz CT molecular complexity index is 23.6. The second-order valence-corrected chi connectivity index (χ2v) is 0.402. The van der Waals surface area contributed by atoms with E-state index in [2.05, 4.69) is 5.73 Å². The fourth-order valence-corrected chi connectivity index (χ4v) is 0. The van der Waals surface area contributed by atoms with Crippen LogP contribution >= 0.6 is 0 Å². The Balaban J connectivity index is 0. The molecule has 0 aliphatic heterocycles. The second kappa shape index (κ2) is 8.84. The van der Waals surface area contributed by atoms with E-state index in [9.17, 15) is 0 Å². The third-order valence-electron chi connectivity index (χ3n) is 0.0962. The van der Waals surface area contributed by atoms with Gasteiger partial charge in [0.15, 0.2) is 0 Å². The van der Waals surface area contributed by atoms with Gasteiger partial charge in [0.1, 0.15) is 6.29 Å². The first-order valence-corrected chi connectivity index (χ1v) is 1.05. The molecule has 0 aromatic heterocycles. The van der Waals surface area contributed by atoms with Crippen molar-refractivity contribution in [2.75, 3.05) is 6.54 Å². The van der Waals surface area contributed by atoms with E-state index in [0.717, 1.165) is 0 Å². The van der Waals surface area contributed by atoms with Crippen LogP contribution in [-0.2, 0) is 27.2 Å². The number of carbonyl (C=O) groups is 1. The number of carbonyl (C=O) groups excluding carboxylic acids is 1. The van der Waals surface area contributed by atoms with E-state index >= 15 is 0 Å². The Morgan fingerprint density at radius 1 is 1.80 bits per heavy atom. The van der Waals surface area contributed by atoms with Gasteiger partial charge in [-0.3, -0.25) is 0 Å². The Morgan fingerprint density at radius 2 is 2.00 bits per heavy atom. The van der Waals surface area contributed by atoms with Crippen LogP contribution in [0.15, 0.2) is 0 Å². The molecule has 0 fully saturated rings. The molecule has 0 heterocycles. The van der Waals surface area contributed by atoms with Gasteiger partial charge in [-0.25, -0.2) is 0 Å². The van der Waals surface area contributed by atoms with E-state index in [0.29, 0.717) is 6.29 Å². The summed E-state index contributed by atoms with van der Waals surface area (Å²) in [6.07, 6.45) is 0.653. The summed E-state index contributed by atoms with van der Waals surface area (Å²) < 4.78 is 0. The summed E-state index contributed by atoms with van der Waals surface area (Å²) in [5, 5.41) is 0. The predicted octanol–water partition coefficient (Wildman–Crippen LogP) is -0.859. The van der Waals surface area contributed by atoms with Gasteiger partial charge in [-0.15, -0.1) is 0 Å². The molecule has 0 aliphatic carbocycles. The molecule has 0 unspecified atom stereocenters. The molecular weight excluding hydrogens is 162 g/mol. The molecule has 0 aromatic rings. The summed E-state index contributed by atoms with van der Waals surface area (Å²) in [4.78, 5) is 9.05. The predicted molar refractivity (Wildman–Crippen MR) is 15.1 cm³/mol. The monoisotopic (exact) mass is 166 g/mol. The third-order valence-corrected chi connectivity index (χ3v) is 0.0962. The van der Waals surface area contributed by atoms with E-state index < -0.39 is 0 Å². The van der Waals surface area contributed by atoms with Crippen LogP contribution in [-0.4, -0.2) is 12.8 Å². The zero-order chi connectivity index (χ0) is 3.41. The average molecular weight is 167 g/mol. The number of rotatable bonds is 1. The van der Waals surface area contributed by atoms with E-state index in [-0.39, 0.29) is 28.9 Å². The fraction of sp³-hybridized carbons (Fsp3) is 0.500. The van der Waals surface area contributed by atoms with Gasteiger partial charge in [0.05, 0.1) is 0 Å². The summed E-state index contributed by atoms with van der Waals surface area (Å²) in [5.74, 6) is 0. The molecule has 0 amide bonds. The van der Waals surface area contributed by atoms with E-state index in [1.165, 1.54) is 0 Å². The van der Waals surface area contributed by atoms with Gasteiger partial charge in [-0.2, -0.15) is 0 Å². The van der Waals surface area contributed by atoms with Crippen LogP contribution in [0.2, 0.25) is 0 Å². The zero-order valence-corrected chi connectivity index (χ0v) is 4.05. The summed E-state index contributed by atoms with van der Waals surface area (Å²) >= 11 is 0. The van der Waals surface area contributed by atoms with E-state index in [1.54, 1.807) is 0 Å². The van der Waals surface area contributed by atoms with Gasteiger partial charge in [0.25, 0.3) is 0 Å². The van der Waals surface area contributed by atoms with Crippen molar-refractivity contribution in [3.8, 4) is 0 Å². The third kappa shape index (κ3) is 13.1. The normalized spacial score (nSPS) is 5.00. The maximum Gasteiger partial charge on any atom is 0.133 e. The van der Waals surface area contributed by atoms with Crippen molar-refractivity contribution < 1.29 is 27.2 Å². The molecule has 2 nitrogen and oxygen atoms in total. The number of aldehydes is 1. The van der Waals surface area contributed by atoms with Crippen molar-refractivity contribution in [3.63, 3.8) is 0 Å². The molecule has 0 rings (SSSR count). The molecule has 3 heteroatoms. The van der Waals surface area contributed by atoms with Crippen LogP contribution in [0.1, 0.15) is 0 Å². The van der Waals surface area contributed by atoms with Crippen molar-refractivity contribution >= 4 is 6.29 Å². The van der Waals surface area contributed by atoms with Crippen molar-refractivity contribution in [2.45, 2.75) is 0 Å². The smallest absolute Gasteiger partial charge is 0.133 e. The van der Waals surface area contributed by atoms with Crippen LogP contribution in [0, 0.1) is 0 Å². The summed E-state index contributed by atoms with van der Waals surface area (Å²) in [7, 11) is 0. The first kappa shape index (κ1) is 9.03. The van der Waals surface area contributed by atoms with Crippen molar-refractivity contribution in [1.82, 2.24) is 0 Å². The van der Waals surface area contributed by atoms with Gasteiger partial charge in [-0.05, 0) is 0 Å². The van der Waals surface area contributed by atoms with Crippen LogP contribution in [0.25, 0.3) is 0 Å². The molecule has 0 spiro atoms. The summed E-state index contributed by atoms with van der Waals surface area (Å²) in [5.41, 5.74) is 4.66. The first-order valence-electron chi connectivity index (χ1n) is 1.05. The quantitative estimate of drug-likeness (QED) is 0.408. The van der Waals surface area contributed by atoms with Crippen LogP contribution in [0.5, 0.6) is 0 Å². The van der Waals surface area contributed by atoms with E-state index in [1.807, 2.05) is 0 Å². The Morgan fingerprint density at radius 3 is 2.00 bits per heavy atom. The summed E-state index contributed by atoms with van der Waals surface area (Å²) in [6, 6.07) is 0. The van der Waals surface area contributed by atoms with Gasteiger partial charge in [0, 0.05) is 28.9 Å². The van der Waals surface area contributed by atoms with Crippen LogP contribution in [0.3, 0.4) is 0 Å². The molecular formula is C2H5AgNO. The number of hydrogen-bond donors (Lipinski definition) is 1. The SMILES string of the molecule is NCC=O.[Ag]. The second-order valence-electron chi connectivity index (χ2n) is 0.402. The van der Waals surface area contributed by atoms with Gasteiger partial charge in [0.2, 0.25) is 0 Å². The van der Waals surface area contributed by atoms with Gasteiger partial charge in [-0.1, -0.05) is 0 Å². The molecule has 2 N–H and O–H groups in total. The van der Waals surface area contributed by atoms with Gasteiger partial charge < -0.3 is 10.5 Å². The zero-order valence-electron chi connectivity index (χ0n) is 2.57. The molecule has 0 bridgehead atoms. The number of hydrogen-bond acceptors (Lipinski definition) is 2. The molecule has 0 saturated carbocycles. The molecule has 35 valence electrons. The van der Waals surface area contributed by atoms with Crippen molar-refractivity contribution in [2.24, 2.45) is 5.73 Å². The molecule has 5 heavy (non-hydrogen) atoms. The topological polar surface area (TPSA) is 43.1 Å². The van der Waals surface area contributed by atoms with Gasteiger partial charge >= 0.3 is 0 Å². The minimum absolute atomic E-state index is 0. The number of nitrogens with two attached hydrogens (primary N) is 1. The Hall–Kier alpha value is 0.370. The van der Waals surface area contributed by atoms with Crippen molar-refractivity contribution in [1.29, 1.82) is 0 Å². The minimum Gasteiger partial charge on any atom is -0.324 e. The Labute approximate surface area is 46.2 Å². The standard InChI is InChI=1S/C2H5NO.Ag/c3-1-2-4;/h2H,1,3H2;. The Kier molecular flexibility index (Phi) is 16.0. The van der Waals surface area contributed by atoms with E-state index in [4.69, 9.17) is 4.79 Å². The molecule has 0 aliphatic rings.